The Labute approximate surface area is 304 Å². The third kappa shape index (κ3) is 11.9. The van der Waals surface area contributed by atoms with Crippen LogP contribution in [0.1, 0.15) is 136 Å². The van der Waals surface area contributed by atoms with E-state index in [1.165, 1.54) is 90.9 Å². The number of nitrogens with one attached hydrogen (secondary N) is 1. The Hall–Kier alpha value is -2.74. The smallest absolute Gasteiger partial charge is 0.326 e. The summed E-state index contributed by atoms with van der Waals surface area (Å²) in [5.41, 5.74) is -0.664. The first-order valence-electron chi connectivity index (χ1n) is 18.5. The van der Waals surface area contributed by atoms with E-state index in [1.807, 2.05) is 0 Å². The lowest BCUT2D eigenvalue weighted by atomic mass is 9.99. The van der Waals surface area contributed by atoms with Gasteiger partial charge < -0.3 is 10.1 Å². The van der Waals surface area contributed by atoms with Crippen molar-refractivity contribution in [3.05, 3.63) is 54.6 Å². The first-order chi connectivity index (χ1) is 23.4. The fourth-order valence-corrected chi connectivity index (χ4v) is 7.19. The highest BCUT2D eigenvalue weighted by molar-refractivity contribution is 6.69. The average Bonchev–Trinajstić information content (AvgIpc) is 3.37. The maximum Gasteiger partial charge on any atom is 0.326 e. The number of halogens is 2. The van der Waals surface area contributed by atoms with E-state index < -0.39 is 21.6 Å². The van der Waals surface area contributed by atoms with Crippen molar-refractivity contribution in [1.82, 2.24) is 4.48 Å². The van der Waals surface area contributed by atoms with Crippen LogP contribution in [0.2, 0.25) is 0 Å². The Morgan fingerprint density at radius 1 is 0.714 bits per heavy atom. The number of rotatable bonds is 24. The third-order valence-corrected chi connectivity index (χ3v) is 10.2. The second-order valence-electron chi connectivity index (χ2n) is 14.0. The zero-order valence-electron chi connectivity index (χ0n) is 29.9. The normalized spacial score (nSPS) is 14.6. The Morgan fingerprint density at radius 3 is 1.71 bits per heavy atom. The van der Waals surface area contributed by atoms with E-state index in [2.05, 4.69) is 12.2 Å². The number of likely N-dealkylation sites (tertiary alicyclic amines) is 1. The molecule has 9 heteroatoms. The number of hydrogen-bond donors (Lipinski definition) is 1. The van der Waals surface area contributed by atoms with Gasteiger partial charge in [-0.3, -0.25) is 9.59 Å². The maximum atomic E-state index is 13.4. The lowest BCUT2D eigenvalue weighted by Gasteiger charge is -2.31. The molecule has 1 N–H and O–H groups in total. The Kier molecular flexibility index (Phi) is 16.8. The summed E-state index contributed by atoms with van der Waals surface area (Å²) in [4.78, 5) is 53.0. The molecule has 270 valence electrons. The van der Waals surface area contributed by atoms with Crippen LogP contribution in [0.5, 0.6) is 5.75 Å². The van der Waals surface area contributed by atoms with Crippen molar-refractivity contribution in [2.24, 2.45) is 0 Å². The van der Waals surface area contributed by atoms with Crippen LogP contribution in [-0.4, -0.2) is 40.0 Å². The van der Waals surface area contributed by atoms with Gasteiger partial charge >= 0.3 is 11.8 Å². The highest BCUT2D eigenvalue weighted by Gasteiger charge is 2.52. The standard InChI is InChI=1S/C40H56Cl2N2O5/c1-4-5-6-7-8-9-10-11-12-13-14-15-16-17-18-22-30-44(35(45)28-29-36(44)46)33-26-23-27-34(31-33)49-39(2,3)37(47)40(41,42)38(48)43-32-24-20-19-21-25-32/h19-21,23-27,31H,4-18,22,28-30H2,1-3H3/p+1. The van der Waals surface area contributed by atoms with E-state index in [9.17, 15) is 19.2 Å². The number of imide groups is 1. The van der Waals surface area contributed by atoms with Crippen LogP contribution < -0.4 is 14.5 Å². The van der Waals surface area contributed by atoms with Crippen LogP contribution in [0.3, 0.4) is 0 Å². The number of nitrogens with zero attached hydrogens (tertiary/aromatic N) is 1. The first-order valence-corrected chi connectivity index (χ1v) is 19.2. The Bertz CT molecular complexity index is 1350. The SMILES string of the molecule is CCCCCCCCCCCCCCCCCC[N+]1(c2cccc(OC(C)(C)C(=O)C(Cl)(Cl)C(=O)Nc3ccccc3)c2)C(=O)CCC1=O. The minimum atomic E-state index is -2.43. The van der Waals surface area contributed by atoms with Crippen LogP contribution in [0, 0.1) is 0 Å². The molecule has 0 bridgehead atoms. The minimum absolute atomic E-state index is 0.128. The molecule has 1 saturated heterocycles. The number of ether oxygens (including phenoxy) is 1. The molecule has 1 aliphatic heterocycles. The number of unbranched alkanes of at least 4 members (excludes halogenated alkanes) is 15. The number of ketones is 1. The highest BCUT2D eigenvalue weighted by atomic mass is 35.5. The van der Waals surface area contributed by atoms with Crippen molar-refractivity contribution in [2.75, 3.05) is 11.9 Å². The maximum absolute atomic E-state index is 13.4. The highest BCUT2D eigenvalue weighted by Crippen LogP contribution is 2.37. The number of quaternary nitrogens is 1. The Morgan fingerprint density at radius 2 is 1.20 bits per heavy atom. The molecule has 0 unspecified atom stereocenters. The zero-order chi connectivity index (χ0) is 35.8. The van der Waals surface area contributed by atoms with Crippen molar-refractivity contribution >= 4 is 58.1 Å². The molecule has 0 atom stereocenters. The molecule has 1 fully saturated rings. The molecule has 49 heavy (non-hydrogen) atoms. The summed E-state index contributed by atoms with van der Waals surface area (Å²) in [7, 11) is 0. The van der Waals surface area contributed by atoms with Crippen molar-refractivity contribution in [1.29, 1.82) is 0 Å². The number of benzene rings is 2. The lowest BCUT2D eigenvalue weighted by Crippen LogP contribution is -2.54. The van der Waals surface area contributed by atoms with Gasteiger partial charge in [-0.25, -0.2) is 9.59 Å². The number of alkyl halides is 2. The third-order valence-electron chi connectivity index (χ3n) is 9.53. The van der Waals surface area contributed by atoms with Gasteiger partial charge in [-0.2, -0.15) is 4.48 Å². The number of para-hydroxylation sites is 1. The predicted octanol–water partition coefficient (Wildman–Crippen LogP) is 10.6. The number of carbonyl (C=O) groups is 4. The van der Waals surface area contributed by atoms with Crippen molar-refractivity contribution in [3.63, 3.8) is 0 Å². The van der Waals surface area contributed by atoms with Gasteiger partial charge in [-0.05, 0) is 44.9 Å². The van der Waals surface area contributed by atoms with Crippen molar-refractivity contribution in [2.45, 2.75) is 146 Å². The molecule has 0 aromatic heterocycles. The largest absolute Gasteiger partial charge is 0.480 e. The molecule has 3 rings (SSSR count). The van der Waals surface area contributed by atoms with E-state index in [0.717, 1.165) is 25.7 Å². The fraction of sp³-hybridized carbons (Fsp3) is 0.600. The number of anilines is 1. The molecule has 2 aromatic carbocycles. The minimum Gasteiger partial charge on any atom is -0.480 e. The Balaban J connectivity index is 1.50. The average molecular weight is 717 g/mol. The summed E-state index contributed by atoms with van der Waals surface area (Å²) in [6, 6.07) is 15.3. The monoisotopic (exact) mass is 715 g/mol. The van der Waals surface area contributed by atoms with E-state index in [1.54, 1.807) is 54.6 Å². The summed E-state index contributed by atoms with van der Waals surface area (Å²) in [5.74, 6) is -1.74. The van der Waals surface area contributed by atoms with Gasteiger partial charge in [-0.1, -0.05) is 144 Å². The second kappa shape index (κ2) is 20.2. The van der Waals surface area contributed by atoms with E-state index in [-0.39, 0.29) is 34.9 Å². The molecule has 7 nitrogen and oxygen atoms in total. The zero-order valence-corrected chi connectivity index (χ0v) is 31.4. The lowest BCUT2D eigenvalue weighted by molar-refractivity contribution is -0.138. The summed E-state index contributed by atoms with van der Waals surface area (Å²) >= 11 is 12.6. The van der Waals surface area contributed by atoms with Gasteiger partial charge in [0.25, 0.3) is 10.2 Å². The molecular weight excluding hydrogens is 659 g/mol. The second-order valence-corrected chi connectivity index (χ2v) is 15.3. The van der Waals surface area contributed by atoms with Gasteiger partial charge in [0.2, 0.25) is 5.78 Å². The summed E-state index contributed by atoms with van der Waals surface area (Å²) in [6.07, 6.45) is 20.4. The van der Waals surface area contributed by atoms with Gasteiger partial charge in [0.1, 0.15) is 5.75 Å². The molecule has 2 aromatic rings. The van der Waals surface area contributed by atoms with E-state index in [4.69, 9.17) is 27.9 Å². The first kappa shape index (κ1) is 40.7. The number of Topliss-reactive ketones (excluding diaryl/α,β-unsaturated/α-hetero) is 1. The summed E-state index contributed by atoms with van der Waals surface area (Å²) < 4.78 is 3.29. The van der Waals surface area contributed by atoms with Crippen LogP contribution in [0.25, 0.3) is 0 Å². The molecule has 0 aliphatic carbocycles. The molecule has 1 heterocycles. The topological polar surface area (TPSA) is 89.5 Å². The van der Waals surface area contributed by atoms with Crippen molar-refractivity contribution < 1.29 is 23.9 Å². The van der Waals surface area contributed by atoms with Gasteiger partial charge in [0.15, 0.2) is 11.3 Å². The van der Waals surface area contributed by atoms with Gasteiger partial charge in [0.05, 0.1) is 19.4 Å². The molecular formula is C40H57Cl2N2O5+. The number of amides is 3. The van der Waals surface area contributed by atoms with Crippen LogP contribution >= 0.6 is 23.2 Å². The molecule has 0 spiro atoms. The van der Waals surface area contributed by atoms with Crippen LogP contribution in [-0.2, 0) is 19.2 Å². The quantitative estimate of drug-likeness (QED) is 0.0384. The molecule has 0 saturated carbocycles. The van der Waals surface area contributed by atoms with E-state index >= 15 is 0 Å². The fourth-order valence-electron chi connectivity index (χ4n) is 6.64. The van der Waals surface area contributed by atoms with Gasteiger partial charge in [-0.15, -0.1) is 0 Å². The molecule has 0 radical (unpaired) electrons. The number of carbonyl (C=O) groups excluding carboxylic acids is 4. The van der Waals surface area contributed by atoms with Crippen LogP contribution in [0.4, 0.5) is 11.4 Å². The summed E-state index contributed by atoms with van der Waals surface area (Å²) in [6.45, 7) is 5.61. The predicted molar refractivity (Wildman–Crippen MR) is 201 cm³/mol. The van der Waals surface area contributed by atoms with Crippen LogP contribution in [0.15, 0.2) is 54.6 Å². The number of hydrogen-bond acceptors (Lipinski definition) is 5. The summed E-state index contributed by atoms with van der Waals surface area (Å²) in [5, 5.41) is 2.56. The molecule has 3 amide bonds. The van der Waals surface area contributed by atoms with Crippen molar-refractivity contribution in [3.8, 4) is 5.75 Å². The molecule has 1 aliphatic rings. The van der Waals surface area contributed by atoms with Gasteiger partial charge in [0, 0.05) is 17.8 Å². The van der Waals surface area contributed by atoms with E-state index in [0.29, 0.717) is 17.9 Å².